The van der Waals surface area contributed by atoms with Crippen molar-refractivity contribution in [3.05, 3.63) is 141 Å². The summed E-state index contributed by atoms with van der Waals surface area (Å²) >= 11 is 0. The lowest BCUT2D eigenvalue weighted by Gasteiger charge is -2.05. The van der Waals surface area contributed by atoms with E-state index in [4.69, 9.17) is 0 Å². The quantitative estimate of drug-likeness (QED) is 0.0841. The Morgan fingerprint density at radius 2 is 0.804 bits per heavy atom. The number of nitrogens with zero attached hydrogens (tertiary/aromatic N) is 4. The maximum absolute atomic E-state index is 14.0. The van der Waals surface area contributed by atoms with Crippen molar-refractivity contribution in [1.29, 1.82) is 0 Å². The molecule has 0 unspecified atom stereocenters. The molecule has 14 heteroatoms. The van der Waals surface area contributed by atoms with Gasteiger partial charge in [-0.1, -0.05) is 51.0 Å². The highest BCUT2D eigenvalue weighted by Crippen LogP contribution is 2.30. The predicted octanol–water partition coefficient (Wildman–Crippen LogP) is 11.2. The van der Waals surface area contributed by atoms with Crippen molar-refractivity contribution in [2.45, 2.75) is 58.3 Å². The van der Waals surface area contributed by atoms with Gasteiger partial charge in [0.2, 0.25) is 0 Å². The molecule has 0 aromatic heterocycles. The molecule has 0 N–H and O–H groups in total. The summed E-state index contributed by atoms with van der Waals surface area (Å²) in [6.07, 6.45) is -0.876. The molecule has 0 atom stereocenters. The van der Waals surface area contributed by atoms with Crippen LogP contribution in [0.2, 0.25) is 0 Å². The van der Waals surface area contributed by atoms with Gasteiger partial charge in [-0.05, 0) is 90.0 Å². The topological polar surface area (TPSA) is 49.4 Å². The van der Waals surface area contributed by atoms with E-state index < -0.39 is 46.7 Å². The lowest BCUT2D eigenvalue weighted by molar-refractivity contribution is -0.138. The Kier molecular flexibility index (Phi) is 14.8. The highest BCUT2D eigenvalue weighted by atomic mass is 19.4. The molecule has 0 saturated carbocycles. The van der Waals surface area contributed by atoms with Crippen LogP contribution in [0, 0.1) is 23.3 Å². The van der Waals surface area contributed by atoms with Gasteiger partial charge in [-0.2, -0.15) is 46.7 Å². The van der Waals surface area contributed by atoms with Crippen LogP contribution in [0.3, 0.4) is 0 Å². The molecule has 0 bridgehead atoms. The number of unbranched alkanes of at least 4 members (excludes halogenated alkanes) is 1. The third kappa shape index (κ3) is 12.9. The largest absolute Gasteiger partial charge is 0.416 e. The summed E-state index contributed by atoms with van der Waals surface area (Å²) in [5.74, 6) is -2.94. The van der Waals surface area contributed by atoms with E-state index >= 15 is 0 Å². The van der Waals surface area contributed by atoms with E-state index in [0.29, 0.717) is 35.1 Å². The molecule has 0 radical (unpaired) electrons. The second-order valence-corrected chi connectivity index (χ2v) is 11.0. The predicted molar refractivity (Wildman–Crippen MR) is 179 cm³/mol. The normalized spacial score (nSPS) is 12.4. The first-order chi connectivity index (χ1) is 24.1. The summed E-state index contributed by atoms with van der Waals surface area (Å²) in [6.45, 7) is 3.89. The van der Waals surface area contributed by atoms with E-state index in [2.05, 4.69) is 20.4 Å². The fraction of sp³-hybridized carbons (Fsp3) is 0.243. The van der Waals surface area contributed by atoms with Crippen LogP contribution < -0.4 is 0 Å². The Balaban J connectivity index is 0.000000276. The first kappa shape index (κ1) is 40.3. The number of aryl methyl sites for hydroxylation is 2. The average Bonchev–Trinajstić information content (AvgIpc) is 3.06. The van der Waals surface area contributed by atoms with E-state index in [9.17, 15) is 43.9 Å². The van der Waals surface area contributed by atoms with Crippen LogP contribution >= 0.6 is 0 Å². The zero-order valence-corrected chi connectivity index (χ0v) is 27.3. The van der Waals surface area contributed by atoms with Crippen LogP contribution in [0.15, 0.2) is 93.2 Å². The zero-order chi connectivity index (χ0) is 37.6. The van der Waals surface area contributed by atoms with Crippen LogP contribution in [0.5, 0.6) is 0 Å². The standard InChI is InChI=1S/C19H17F5N2.C18H15F5N2/c1-2-3-4-14-9-17(20)16(18(21)10-14)12-26-25-11-13-5-7-15(8-6-13)19(22,23)24;1-2-3-13-8-16(19)15(17(20)9-13)11-25-24-10-12-4-6-14(7-5-12)18(21,22)23/h5-12H,2-4H2,1H3;4-11H,2-3H2,1H3. The molecule has 4 nitrogen and oxygen atoms in total. The van der Waals surface area contributed by atoms with Gasteiger partial charge < -0.3 is 0 Å². The maximum Gasteiger partial charge on any atom is 0.416 e. The Morgan fingerprint density at radius 3 is 1.12 bits per heavy atom. The van der Waals surface area contributed by atoms with E-state index in [-0.39, 0.29) is 11.1 Å². The number of benzene rings is 4. The average molecular weight is 723 g/mol. The molecule has 0 fully saturated rings. The number of halogens is 10. The maximum atomic E-state index is 14.0. The van der Waals surface area contributed by atoms with Crippen LogP contribution in [-0.2, 0) is 25.2 Å². The molecule has 0 heterocycles. The molecule has 0 spiro atoms. The molecule has 0 aliphatic carbocycles. The third-order valence-corrected chi connectivity index (χ3v) is 7.03. The first-order valence-corrected chi connectivity index (χ1v) is 15.6. The van der Waals surface area contributed by atoms with Crippen LogP contribution in [0.25, 0.3) is 0 Å². The van der Waals surface area contributed by atoms with E-state index in [1.165, 1.54) is 61.0 Å². The van der Waals surface area contributed by atoms with E-state index in [1.54, 1.807) is 0 Å². The zero-order valence-electron chi connectivity index (χ0n) is 27.3. The van der Waals surface area contributed by atoms with E-state index in [1.807, 2.05) is 13.8 Å². The lowest BCUT2D eigenvalue weighted by atomic mass is 10.1. The summed E-state index contributed by atoms with van der Waals surface area (Å²) in [5, 5.41) is 14.3. The van der Waals surface area contributed by atoms with Crippen molar-refractivity contribution < 1.29 is 43.9 Å². The van der Waals surface area contributed by atoms with Crippen molar-refractivity contribution in [2.24, 2.45) is 20.4 Å². The molecule has 51 heavy (non-hydrogen) atoms. The minimum atomic E-state index is -4.41. The van der Waals surface area contributed by atoms with Gasteiger partial charge in [-0.3, -0.25) is 0 Å². The molecule has 0 aliphatic heterocycles. The van der Waals surface area contributed by atoms with Gasteiger partial charge in [-0.15, -0.1) is 0 Å². The molecule has 0 saturated heterocycles. The summed E-state index contributed by atoms with van der Waals surface area (Å²) < 4.78 is 130. The first-order valence-electron chi connectivity index (χ1n) is 15.6. The Hall–Kier alpha value is -5.14. The Labute approximate surface area is 288 Å². The number of hydrogen-bond donors (Lipinski definition) is 0. The summed E-state index contributed by atoms with van der Waals surface area (Å²) in [7, 11) is 0. The van der Waals surface area contributed by atoms with Crippen molar-refractivity contribution in [3.63, 3.8) is 0 Å². The monoisotopic (exact) mass is 722 g/mol. The number of alkyl halides is 6. The molecule has 4 aromatic carbocycles. The highest BCUT2D eigenvalue weighted by molar-refractivity contribution is 5.84. The van der Waals surface area contributed by atoms with Crippen molar-refractivity contribution in [1.82, 2.24) is 0 Å². The van der Waals surface area contributed by atoms with Gasteiger partial charge in [0.15, 0.2) is 0 Å². The second-order valence-electron chi connectivity index (χ2n) is 11.0. The van der Waals surface area contributed by atoms with Crippen LogP contribution in [-0.4, -0.2) is 24.9 Å². The molecule has 4 aromatic rings. The highest BCUT2D eigenvalue weighted by Gasteiger charge is 2.30. The van der Waals surface area contributed by atoms with Gasteiger partial charge in [0, 0.05) is 0 Å². The Morgan fingerprint density at radius 1 is 0.471 bits per heavy atom. The SMILES string of the molecule is CCCCc1cc(F)c(C=NN=Cc2ccc(C(F)(F)F)cc2)c(F)c1.CCCc1cc(F)c(C=NN=Cc2ccc(C(F)(F)F)cc2)c(F)c1. The van der Waals surface area contributed by atoms with Crippen molar-refractivity contribution >= 4 is 24.9 Å². The second kappa shape index (κ2) is 18.7. The molecule has 0 amide bonds. The van der Waals surface area contributed by atoms with Gasteiger partial charge >= 0.3 is 12.4 Å². The molecule has 4 rings (SSSR count). The fourth-order valence-corrected chi connectivity index (χ4v) is 4.38. The van der Waals surface area contributed by atoms with Crippen LogP contribution in [0.4, 0.5) is 43.9 Å². The van der Waals surface area contributed by atoms with Gasteiger partial charge in [0.1, 0.15) is 23.3 Å². The summed E-state index contributed by atoms with van der Waals surface area (Å²) in [5.41, 5.74) is -0.278. The minimum absolute atomic E-state index is 0.310. The molecular weight excluding hydrogens is 690 g/mol. The molecule has 270 valence electrons. The van der Waals surface area contributed by atoms with Crippen molar-refractivity contribution in [2.75, 3.05) is 0 Å². The van der Waals surface area contributed by atoms with Gasteiger partial charge in [0.25, 0.3) is 0 Å². The smallest absolute Gasteiger partial charge is 0.206 e. The Bertz CT molecular complexity index is 1800. The molecular formula is C37H32F10N4. The number of hydrogen-bond acceptors (Lipinski definition) is 4. The number of rotatable bonds is 11. The summed E-state index contributed by atoms with van der Waals surface area (Å²) in [6, 6.07) is 13.6. The fourth-order valence-electron chi connectivity index (χ4n) is 4.38. The van der Waals surface area contributed by atoms with Crippen molar-refractivity contribution in [3.8, 4) is 0 Å². The lowest BCUT2D eigenvalue weighted by Crippen LogP contribution is -2.04. The molecule has 0 aliphatic rings. The van der Waals surface area contributed by atoms with Crippen LogP contribution in [0.1, 0.15) is 77.6 Å². The minimum Gasteiger partial charge on any atom is -0.206 e. The summed E-state index contributed by atoms with van der Waals surface area (Å²) in [4.78, 5) is 0. The van der Waals surface area contributed by atoms with Gasteiger partial charge in [-0.25, -0.2) is 17.6 Å². The van der Waals surface area contributed by atoms with E-state index in [0.717, 1.165) is 56.0 Å². The third-order valence-electron chi connectivity index (χ3n) is 7.03. The van der Waals surface area contributed by atoms with Gasteiger partial charge in [0.05, 0.1) is 47.1 Å².